The van der Waals surface area contributed by atoms with Crippen LogP contribution in [-0.4, -0.2) is 23.9 Å². The maximum absolute atomic E-state index is 13.7. The molecule has 1 aliphatic carbocycles. The lowest BCUT2D eigenvalue weighted by Crippen LogP contribution is -2.38. The molecule has 1 aromatic carbocycles. The molecular formula is C15H20BrFN2O. The van der Waals surface area contributed by atoms with Gasteiger partial charge in [-0.2, -0.15) is 0 Å². The van der Waals surface area contributed by atoms with Gasteiger partial charge in [-0.3, -0.25) is 4.79 Å². The first-order valence-electron chi connectivity index (χ1n) is 6.92. The van der Waals surface area contributed by atoms with Crippen LogP contribution in [0.3, 0.4) is 0 Å². The summed E-state index contributed by atoms with van der Waals surface area (Å²) in [6.45, 7) is 0.288. The first kappa shape index (κ1) is 15.4. The van der Waals surface area contributed by atoms with Crippen molar-refractivity contribution in [3.63, 3.8) is 0 Å². The van der Waals surface area contributed by atoms with E-state index >= 15 is 0 Å². The molecule has 1 amide bonds. The van der Waals surface area contributed by atoms with Crippen LogP contribution < -0.4 is 5.73 Å². The molecular weight excluding hydrogens is 323 g/mol. The molecule has 0 heterocycles. The molecule has 5 heteroatoms. The Kier molecular flexibility index (Phi) is 5.16. The molecule has 0 aliphatic heterocycles. The third kappa shape index (κ3) is 3.79. The number of carbonyl (C=O) groups excluding carboxylic acids is 1. The van der Waals surface area contributed by atoms with E-state index < -0.39 is 0 Å². The highest BCUT2D eigenvalue weighted by molar-refractivity contribution is 9.10. The molecule has 0 saturated heterocycles. The number of carbonyl (C=O) groups is 1. The second-order valence-corrected chi connectivity index (χ2v) is 6.47. The summed E-state index contributed by atoms with van der Waals surface area (Å²) < 4.78 is 14.5. The molecule has 0 aromatic heterocycles. The molecule has 3 nitrogen and oxygen atoms in total. The smallest absolute Gasteiger partial charge is 0.225 e. The standard InChI is InChI=1S/C15H20BrFN2O/c1-19(9-11-7-12(16)5-6-14(11)17)15(20)10-3-2-4-13(18)8-10/h5-7,10,13H,2-4,8-9,18H2,1H3/t10-,13+/m0/s1. The molecule has 0 spiro atoms. The molecule has 2 N–H and O–H groups in total. The van der Waals surface area contributed by atoms with E-state index in [-0.39, 0.29) is 30.2 Å². The van der Waals surface area contributed by atoms with E-state index in [1.807, 2.05) is 0 Å². The fourth-order valence-electron chi connectivity index (χ4n) is 2.76. The van der Waals surface area contributed by atoms with Gasteiger partial charge in [0.1, 0.15) is 5.82 Å². The molecule has 1 aromatic rings. The predicted molar refractivity (Wildman–Crippen MR) is 80.5 cm³/mol. The number of hydrogen-bond acceptors (Lipinski definition) is 2. The summed E-state index contributed by atoms with van der Waals surface area (Å²) in [5.74, 6) is -0.230. The molecule has 2 rings (SSSR count). The SMILES string of the molecule is CN(Cc1cc(Br)ccc1F)C(=O)[C@H]1CCC[C@@H](N)C1. The van der Waals surface area contributed by atoms with Gasteiger partial charge in [0.25, 0.3) is 0 Å². The fraction of sp³-hybridized carbons (Fsp3) is 0.533. The van der Waals surface area contributed by atoms with Crippen LogP contribution in [-0.2, 0) is 11.3 Å². The van der Waals surface area contributed by atoms with Crippen LogP contribution >= 0.6 is 15.9 Å². The van der Waals surface area contributed by atoms with Crippen molar-refractivity contribution in [1.29, 1.82) is 0 Å². The van der Waals surface area contributed by atoms with Crippen molar-refractivity contribution in [3.05, 3.63) is 34.1 Å². The van der Waals surface area contributed by atoms with Gasteiger partial charge in [-0.15, -0.1) is 0 Å². The Morgan fingerprint density at radius 3 is 2.95 bits per heavy atom. The van der Waals surface area contributed by atoms with E-state index in [9.17, 15) is 9.18 Å². The van der Waals surface area contributed by atoms with Gasteiger partial charge in [-0.25, -0.2) is 4.39 Å². The van der Waals surface area contributed by atoms with Gasteiger partial charge in [-0.05, 0) is 37.5 Å². The monoisotopic (exact) mass is 342 g/mol. The minimum atomic E-state index is -0.284. The molecule has 1 saturated carbocycles. The lowest BCUT2D eigenvalue weighted by molar-refractivity contribution is -0.135. The van der Waals surface area contributed by atoms with Crippen LogP contribution in [0.2, 0.25) is 0 Å². The van der Waals surface area contributed by atoms with Crippen molar-refractivity contribution in [3.8, 4) is 0 Å². The summed E-state index contributed by atoms with van der Waals surface area (Å²) >= 11 is 3.32. The van der Waals surface area contributed by atoms with Crippen molar-refractivity contribution < 1.29 is 9.18 Å². The number of hydrogen-bond donors (Lipinski definition) is 1. The van der Waals surface area contributed by atoms with Crippen LogP contribution in [0.1, 0.15) is 31.2 Å². The highest BCUT2D eigenvalue weighted by atomic mass is 79.9. The van der Waals surface area contributed by atoms with E-state index in [0.29, 0.717) is 5.56 Å². The van der Waals surface area contributed by atoms with Crippen molar-refractivity contribution in [2.45, 2.75) is 38.3 Å². The summed E-state index contributed by atoms with van der Waals surface area (Å²) in [7, 11) is 1.73. The zero-order valence-corrected chi connectivity index (χ0v) is 13.2. The van der Waals surface area contributed by atoms with E-state index in [0.717, 1.165) is 30.2 Å². The lowest BCUT2D eigenvalue weighted by Gasteiger charge is -2.29. The van der Waals surface area contributed by atoms with Crippen molar-refractivity contribution >= 4 is 21.8 Å². The highest BCUT2D eigenvalue weighted by Crippen LogP contribution is 2.25. The molecule has 0 unspecified atom stereocenters. The summed E-state index contributed by atoms with van der Waals surface area (Å²) in [5.41, 5.74) is 6.45. The molecule has 20 heavy (non-hydrogen) atoms. The first-order chi connectivity index (χ1) is 9.47. The second-order valence-electron chi connectivity index (χ2n) is 5.55. The number of amides is 1. The fourth-order valence-corrected chi connectivity index (χ4v) is 3.17. The average molecular weight is 343 g/mol. The maximum atomic E-state index is 13.7. The van der Waals surface area contributed by atoms with Crippen LogP contribution in [0, 0.1) is 11.7 Å². The average Bonchev–Trinajstić information content (AvgIpc) is 2.42. The van der Waals surface area contributed by atoms with E-state index in [1.54, 1.807) is 24.1 Å². The minimum absolute atomic E-state index is 0.0148. The number of nitrogens with two attached hydrogens (primary N) is 1. The van der Waals surface area contributed by atoms with Gasteiger partial charge in [0.15, 0.2) is 0 Å². The predicted octanol–water partition coefficient (Wildman–Crippen LogP) is 3.06. The molecule has 2 atom stereocenters. The topological polar surface area (TPSA) is 46.3 Å². The van der Waals surface area contributed by atoms with Gasteiger partial charge < -0.3 is 10.6 Å². The molecule has 1 aliphatic rings. The van der Waals surface area contributed by atoms with Crippen molar-refractivity contribution in [2.24, 2.45) is 11.7 Å². The van der Waals surface area contributed by atoms with E-state index in [2.05, 4.69) is 15.9 Å². The van der Waals surface area contributed by atoms with Gasteiger partial charge >= 0.3 is 0 Å². The third-order valence-electron chi connectivity index (χ3n) is 3.86. The summed E-state index contributed by atoms with van der Waals surface area (Å²) in [4.78, 5) is 14.0. The Hall–Kier alpha value is -0.940. The highest BCUT2D eigenvalue weighted by Gasteiger charge is 2.27. The molecule has 110 valence electrons. The summed E-state index contributed by atoms with van der Waals surface area (Å²) in [6.07, 6.45) is 3.62. The second kappa shape index (κ2) is 6.68. The quantitative estimate of drug-likeness (QED) is 0.917. The van der Waals surface area contributed by atoms with Gasteiger partial charge in [-0.1, -0.05) is 22.4 Å². The number of benzene rings is 1. The number of nitrogens with zero attached hydrogens (tertiary/aromatic N) is 1. The van der Waals surface area contributed by atoms with Gasteiger partial charge in [0.2, 0.25) is 5.91 Å². The first-order valence-corrected chi connectivity index (χ1v) is 7.71. The van der Waals surface area contributed by atoms with Crippen LogP contribution in [0.15, 0.2) is 22.7 Å². The van der Waals surface area contributed by atoms with Crippen LogP contribution in [0.25, 0.3) is 0 Å². The molecule has 0 bridgehead atoms. The maximum Gasteiger partial charge on any atom is 0.225 e. The largest absolute Gasteiger partial charge is 0.341 e. The Bertz CT molecular complexity index is 495. The Labute approximate surface area is 127 Å². The van der Waals surface area contributed by atoms with Crippen molar-refractivity contribution in [1.82, 2.24) is 4.90 Å². The normalized spacial score (nSPS) is 22.6. The van der Waals surface area contributed by atoms with Crippen molar-refractivity contribution in [2.75, 3.05) is 7.05 Å². The zero-order valence-electron chi connectivity index (χ0n) is 11.6. The summed E-state index contributed by atoms with van der Waals surface area (Å²) in [5, 5.41) is 0. The molecule has 1 fully saturated rings. The van der Waals surface area contributed by atoms with E-state index in [1.165, 1.54) is 6.07 Å². The number of rotatable bonds is 3. The molecule has 0 radical (unpaired) electrons. The third-order valence-corrected chi connectivity index (χ3v) is 4.35. The lowest BCUT2D eigenvalue weighted by atomic mass is 9.85. The Morgan fingerprint density at radius 1 is 1.50 bits per heavy atom. The van der Waals surface area contributed by atoms with Gasteiger partial charge in [0.05, 0.1) is 0 Å². The Morgan fingerprint density at radius 2 is 2.25 bits per heavy atom. The zero-order chi connectivity index (χ0) is 14.7. The summed E-state index contributed by atoms with van der Waals surface area (Å²) in [6, 6.07) is 4.90. The van der Waals surface area contributed by atoms with Crippen LogP contribution in [0.5, 0.6) is 0 Å². The van der Waals surface area contributed by atoms with Crippen LogP contribution in [0.4, 0.5) is 4.39 Å². The number of halogens is 2. The van der Waals surface area contributed by atoms with E-state index in [4.69, 9.17) is 5.73 Å². The Balaban J connectivity index is 2.01. The minimum Gasteiger partial charge on any atom is -0.341 e. The van der Waals surface area contributed by atoms with Gasteiger partial charge in [0, 0.05) is 35.6 Å².